The number of nitrogens with one attached hydrogen (secondary N) is 1. The molecule has 0 atom stereocenters. The highest BCUT2D eigenvalue weighted by atomic mass is 35.5. The van der Waals surface area contributed by atoms with Gasteiger partial charge in [-0.2, -0.15) is 11.8 Å². The smallest absolute Gasteiger partial charge is 0.264 e. The Balaban J connectivity index is 1.64. The van der Waals surface area contributed by atoms with Crippen LogP contribution in [-0.4, -0.2) is 39.8 Å². The molecule has 1 N–H and O–H groups in total. The molecule has 0 unspecified atom stereocenters. The number of anilines is 1. The van der Waals surface area contributed by atoms with E-state index >= 15 is 0 Å². The molecule has 0 saturated heterocycles. The first kappa shape index (κ1) is 25.9. The van der Waals surface area contributed by atoms with Gasteiger partial charge in [0, 0.05) is 23.1 Å². The summed E-state index contributed by atoms with van der Waals surface area (Å²) in [5, 5.41) is 3.51. The molecule has 0 aromatic heterocycles. The van der Waals surface area contributed by atoms with Crippen molar-refractivity contribution in [1.82, 2.24) is 5.32 Å². The second-order valence-corrected chi connectivity index (χ2v) is 10.7. The Hall–Kier alpha value is -2.68. The van der Waals surface area contributed by atoms with Gasteiger partial charge >= 0.3 is 0 Å². The standard InChI is InChI=1S/C25H27ClN2O4S2/c1-2-32-23-13-11-22(12-14-23)28(34(30,31)24-9-4-3-5-10-24)18-25(29)27-15-16-33-19-20-7-6-8-21(26)17-20/h3-14,17H,2,15-16,18-19H2,1H3,(H,27,29). The first-order valence-corrected chi connectivity index (χ1v) is 13.8. The number of carbonyl (C=O) groups is 1. The summed E-state index contributed by atoms with van der Waals surface area (Å²) in [6.07, 6.45) is 0. The minimum Gasteiger partial charge on any atom is -0.494 e. The van der Waals surface area contributed by atoms with Gasteiger partial charge in [0.15, 0.2) is 0 Å². The van der Waals surface area contributed by atoms with Gasteiger partial charge in [0.2, 0.25) is 5.91 Å². The fourth-order valence-corrected chi connectivity index (χ4v) is 5.64. The predicted octanol–water partition coefficient (Wildman–Crippen LogP) is 4.98. The molecule has 3 aromatic rings. The van der Waals surface area contributed by atoms with Crippen LogP contribution in [0.5, 0.6) is 5.75 Å². The summed E-state index contributed by atoms with van der Waals surface area (Å²) in [7, 11) is -3.94. The first-order valence-electron chi connectivity index (χ1n) is 10.8. The lowest BCUT2D eigenvalue weighted by Crippen LogP contribution is -2.41. The normalized spacial score (nSPS) is 11.1. The van der Waals surface area contributed by atoms with E-state index in [0.29, 0.717) is 35.4 Å². The number of halogens is 1. The van der Waals surface area contributed by atoms with E-state index in [9.17, 15) is 13.2 Å². The summed E-state index contributed by atoms with van der Waals surface area (Å²) >= 11 is 7.67. The van der Waals surface area contributed by atoms with Crippen molar-refractivity contribution in [1.29, 1.82) is 0 Å². The number of carbonyl (C=O) groups excluding carboxylic acids is 1. The van der Waals surface area contributed by atoms with E-state index in [1.54, 1.807) is 54.2 Å². The summed E-state index contributed by atoms with van der Waals surface area (Å²) < 4.78 is 33.2. The maximum absolute atomic E-state index is 13.3. The largest absolute Gasteiger partial charge is 0.494 e. The average Bonchev–Trinajstić information content (AvgIpc) is 2.84. The van der Waals surface area contributed by atoms with Gasteiger partial charge in [-0.15, -0.1) is 0 Å². The van der Waals surface area contributed by atoms with Gasteiger partial charge < -0.3 is 10.1 Å². The lowest BCUT2D eigenvalue weighted by molar-refractivity contribution is -0.119. The van der Waals surface area contributed by atoms with Crippen LogP contribution in [0.1, 0.15) is 12.5 Å². The average molecular weight is 519 g/mol. The Bertz CT molecular complexity index is 1170. The van der Waals surface area contributed by atoms with Crippen molar-refractivity contribution in [3.05, 3.63) is 89.4 Å². The Kier molecular flexibility index (Phi) is 9.68. The zero-order valence-electron chi connectivity index (χ0n) is 18.8. The monoisotopic (exact) mass is 518 g/mol. The molecule has 0 radical (unpaired) electrons. The van der Waals surface area contributed by atoms with Crippen LogP contribution in [0.15, 0.2) is 83.8 Å². The van der Waals surface area contributed by atoms with Gasteiger partial charge in [0.25, 0.3) is 10.0 Å². The number of hydrogen-bond acceptors (Lipinski definition) is 5. The third-order valence-corrected chi connectivity index (χ3v) is 7.83. The second kappa shape index (κ2) is 12.7. The molecule has 0 bridgehead atoms. The molecule has 0 aliphatic rings. The Morgan fingerprint density at radius 1 is 1.03 bits per heavy atom. The number of benzene rings is 3. The van der Waals surface area contributed by atoms with E-state index in [1.165, 1.54) is 12.1 Å². The fourth-order valence-electron chi connectivity index (χ4n) is 3.18. The van der Waals surface area contributed by atoms with Crippen molar-refractivity contribution >= 4 is 45.0 Å². The van der Waals surface area contributed by atoms with Crippen molar-refractivity contribution < 1.29 is 17.9 Å². The summed E-state index contributed by atoms with van der Waals surface area (Å²) in [4.78, 5) is 12.8. The number of thioether (sulfide) groups is 1. The number of rotatable bonds is 12. The van der Waals surface area contributed by atoms with Crippen LogP contribution in [0.3, 0.4) is 0 Å². The lowest BCUT2D eigenvalue weighted by atomic mass is 10.2. The quantitative estimate of drug-likeness (QED) is 0.342. The second-order valence-electron chi connectivity index (χ2n) is 7.28. The molecule has 0 spiro atoms. The molecule has 1 amide bonds. The summed E-state index contributed by atoms with van der Waals surface area (Å²) in [5.74, 6) is 1.71. The number of ether oxygens (including phenoxy) is 1. The highest BCUT2D eigenvalue weighted by molar-refractivity contribution is 7.98. The van der Waals surface area contributed by atoms with Gasteiger partial charge in [-0.1, -0.05) is 41.9 Å². The fraction of sp³-hybridized carbons (Fsp3) is 0.240. The molecule has 0 heterocycles. The van der Waals surface area contributed by atoms with Crippen LogP contribution in [0, 0.1) is 0 Å². The molecule has 0 aliphatic carbocycles. The number of amides is 1. The van der Waals surface area contributed by atoms with E-state index in [1.807, 2.05) is 31.2 Å². The third kappa shape index (κ3) is 7.41. The van der Waals surface area contributed by atoms with E-state index in [2.05, 4.69) is 5.32 Å². The summed E-state index contributed by atoms with van der Waals surface area (Å²) in [5.41, 5.74) is 1.50. The van der Waals surface area contributed by atoms with Crippen LogP contribution in [0.2, 0.25) is 5.02 Å². The van der Waals surface area contributed by atoms with E-state index in [-0.39, 0.29) is 17.3 Å². The van der Waals surface area contributed by atoms with E-state index in [0.717, 1.165) is 15.6 Å². The van der Waals surface area contributed by atoms with Crippen LogP contribution in [0.4, 0.5) is 5.69 Å². The van der Waals surface area contributed by atoms with Crippen LogP contribution in [-0.2, 0) is 20.6 Å². The van der Waals surface area contributed by atoms with Crippen molar-refractivity contribution in [3.8, 4) is 5.75 Å². The minimum absolute atomic E-state index is 0.119. The molecule has 6 nitrogen and oxygen atoms in total. The van der Waals surface area contributed by atoms with E-state index < -0.39 is 10.0 Å². The van der Waals surface area contributed by atoms with Crippen molar-refractivity contribution in [2.45, 2.75) is 17.6 Å². The third-order valence-electron chi connectivity index (χ3n) is 4.78. The van der Waals surface area contributed by atoms with Gasteiger partial charge in [-0.25, -0.2) is 8.42 Å². The van der Waals surface area contributed by atoms with Crippen molar-refractivity contribution in [3.63, 3.8) is 0 Å². The molecular weight excluding hydrogens is 492 g/mol. The highest BCUT2D eigenvalue weighted by Gasteiger charge is 2.27. The Morgan fingerprint density at radius 3 is 2.44 bits per heavy atom. The topological polar surface area (TPSA) is 75.7 Å². The van der Waals surface area contributed by atoms with E-state index in [4.69, 9.17) is 16.3 Å². The van der Waals surface area contributed by atoms with Gasteiger partial charge in [0.1, 0.15) is 12.3 Å². The molecule has 180 valence electrons. The number of nitrogens with zero attached hydrogens (tertiary/aromatic N) is 1. The predicted molar refractivity (Wildman–Crippen MR) is 139 cm³/mol. The maximum Gasteiger partial charge on any atom is 0.264 e. The summed E-state index contributed by atoms with van der Waals surface area (Å²) in [6.45, 7) is 2.47. The van der Waals surface area contributed by atoms with Crippen molar-refractivity contribution in [2.24, 2.45) is 0 Å². The first-order chi connectivity index (χ1) is 16.4. The van der Waals surface area contributed by atoms with Gasteiger partial charge in [-0.05, 0) is 61.0 Å². The number of sulfonamides is 1. The van der Waals surface area contributed by atoms with Gasteiger partial charge in [-0.3, -0.25) is 9.10 Å². The minimum atomic E-state index is -3.94. The molecule has 3 aromatic carbocycles. The van der Waals surface area contributed by atoms with Crippen LogP contribution in [0.25, 0.3) is 0 Å². The molecule has 0 aliphatic heterocycles. The molecular formula is C25H27ClN2O4S2. The zero-order valence-corrected chi connectivity index (χ0v) is 21.2. The lowest BCUT2D eigenvalue weighted by Gasteiger charge is -2.24. The SMILES string of the molecule is CCOc1ccc(N(CC(=O)NCCSCc2cccc(Cl)c2)S(=O)(=O)c2ccccc2)cc1. The Labute approximate surface area is 210 Å². The molecule has 3 rings (SSSR count). The maximum atomic E-state index is 13.3. The van der Waals surface area contributed by atoms with Crippen LogP contribution >= 0.6 is 23.4 Å². The molecule has 9 heteroatoms. The molecule has 34 heavy (non-hydrogen) atoms. The van der Waals surface area contributed by atoms with Crippen LogP contribution < -0.4 is 14.4 Å². The molecule has 0 fully saturated rings. The highest BCUT2D eigenvalue weighted by Crippen LogP contribution is 2.25. The molecule has 0 saturated carbocycles. The van der Waals surface area contributed by atoms with Gasteiger partial charge in [0.05, 0.1) is 17.2 Å². The summed E-state index contributed by atoms with van der Waals surface area (Å²) in [6, 6.07) is 22.4. The zero-order chi connectivity index (χ0) is 24.4. The Morgan fingerprint density at radius 2 is 1.76 bits per heavy atom. The number of hydrogen-bond donors (Lipinski definition) is 1. The van der Waals surface area contributed by atoms with Crippen molar-refractivity contribution in [2.75, 3.05) is 29.8 Å².